The van der Waals surface area contributed by atoms with Gasteiger partial charge in [0.15, 0.2) is 5.78 Å². The van der Waals surface area contributed by atoms with E-state index in [2.05, 4.69) is 0 Å². The van der Waals surface area contributed by atoms with Gasteiger partial charge in [-0.25, -0.2) is 0 Å². The van der Waals surface area contributed by atoms with Crippen LogP contribution in [0.25, 0.3) is 0 Å². The predicted octanol–water partition coefficient (Wildman–Crippen LogP) is 2.93. The van der Waals surface area contributed by atoms with E-state index < -0.39 is 0 Å². The number of likely N-dealkylation sites (tertiary alicyclic amines) is 1. The smallest absolute Gasteiger partial charge is 0.223 e. The molecular formula is C19H27NO4. The molecule has 0 saturated carbocycles. The Morgan fingerprint density at radius 2 is 2.12 bits per heavy atom. The minimum atomic E-state index is -0.0230. The molecule has 1 aliphatic heterocycles. The zero-order chi connectivity index (χ0) is 17.4. The first-order valence-electron chi connectivity index (χ1n) is 8.66. The molecule has 0 radical (unpaired) electrons. The number of piperidine rings is 1. The van der Waals surface area contributed by atoms with Crippen LogP contribution in [0.5, 0.6) is 5.75 Å². The van der Waals surface area contributed by atoms with Crippen LogP contribution < -0.4 is 4.74 Å². The van der Waals surface area contributed by atoms with E-state index in [-0.39, 0.29) is 24.5 Å². The lowest BCUT2D eigenvalue weighted by molar-refractivity contribution is -0.133. The van der Waals surface area contributed by atoms with Gasteiger partial charge in [-0.1, -0.05) is 12.1 Å². The molecule has 132 valence electrons. The van der Waals surface area contributed by atoms with Gasteiger partial charge in [-0.2, -0.15) is 0 Å². The van der Waals surface area contributed by atoms with Gasteiger partial charge in [0.25, 0.3) is 0 Å². The Hall–Kier alpha value is -1.88. The summed E-state index contributed by atoms with van der Waals surface area (Å²) in [5.41, 5.74) is 0.593. The van der Waals surface area contributed by atoms with Crippen molar-refractivity contribution in [2.45, 2.75) is 32.6 Å². The molecule has 1 atom stereocenters. The Morgan fingerprint density at radius 3 is 2.88 bits per heavy atom. The van der Waals surface area contributed by atoms with Gasteiger partial charge >= 0.3 is 0 Å². The summed E-state index contributed by atoms with van der Waals surface area (Å²) in [7, 11) is 1.57. The predicted molar refractivity (Wildman–Crippen MR) is 92.4 cm³/mol. The first-order valence-corrected chi connectivity index (χ1v) is 8.66. The molecule has 0 bridgehead atoms. The molecule has 0 N–H and O–H groups in total. The van der Waals surface area contributed by atoms with Gasteiger partial charge in [0, 0.05) is 38.1 Å². The maximum Gasteiger partial charge on any atom is 0.223 e. The van der Waals surface area contributed by atoms with Gasteiger partial charge in [-0.05, 0) is 37.8 Å². The molecule has 1 aromatic rings. The van der Waals surface area contributed by atoms with E-state index in [4.69, 9.17) is 9.47 Å². The Bertz CT molecular complexity index is 558. The summed E-state index contributed by atoms with van der Waals surface area (Å²) in [6.45, 7) is 4.93. The maximum absolute atomic E-state index is 12.4. The second kappa shape index (κ2) is 9.42. The van der Waals surface area contributed by atoms with E-state index in [0.717, 1.165) is 25.9 Å². The molecular weight excluding hydrogens is 306 g/mol. The summed E-state index contributed by atoms with van der Waals surface area (Å²) >= 11 is 0. The SMILES string of the molecule is CCOCC1CCCN(C(=O)CCC(=O)c2cccc(OC)c2)C1. The van der Waals surface area contributed by atoms with Crippen LogP contribution in [0, 0.1) is 5.92 Å². The molecule has 1 aliphatic rings. The fourth-order valence-corrected chi connectivity index (χ4v) is 3.03. The Kier molecular flexibility index (Phi) is 7.25. The summed E-state index contributed by atoms with van der Waals surface area (Å²) < 4.78 is 10.6. The highest BCUT2D eigenvalue weighted by Gasteiger charge is 2.24. The average Bonchev–Trinajstić information content (AvgIpc) is 2.64. The van der Waals surface area contributed by atoms with Crippen LogP contribution in [0.15, 0.2) is 24.3 Å². The molecule has 1 heterocycles. The number of hydrogen-bond acceptors (Lipinski definition) is 4. The molecule has 0 spiro atoms. The van der Waals surface area contributed by atoms with Crippen molar-refractivity contribution in [3.63, 3.8) is 0 Å². The van der Waals surface area contributed by atoms with E-state index in [9.17, 15) is 9.59 Å². The summed E-state index contributed by atoms with van der Waals surface area (Å²) in [5, 5.41) is 0. The third kappa shape index (κ3) is 5.34. The number of methoxy groups -OCH3 is 1. The van der Waals surface area contributed by atoms with E-state index in [1.54, 1.807) is 31.4 Å². The molecule has 1 fully saturated rings. The fraction of sp³-hybridized carbons (Fsp3) is 0.579. The highest BCUT2D eigenvalue weighted by molar-refractivity contribution is 5.98. The van der Waals surface area contributed by atoms with E-state index >= 15 is 0 Å². The third-order valence-corrected chi connectivity index (χ3v) is 4.39. The lowest BCUT2D eigenvalue weighted by Crippen LogP contribution is -2.41. The minimum absolute atomic E-state index is 0.0230. The Morgan fingerprint density at radius 1 is 1.29 bits per heavy atom. The zero-order valence-corrected chi connectivity index (χ0v) is 14.6. The van der Waals surface area contributed by atoms with Crippen LogP contribution in [-0.4, -0.2) is 50.0 Å². The number of nitrogens with zero attached hydrogens (tertiary/aromatic N) is 1. The van der Waals surface area contributed by atoms with Crippen molar-refractivity contribution in [3.05, 3.63) is 29.8 Å². The summed E-state index contributed by atoms with van der Waals surface area (Å²) in [5.74, 6) is 1.11. The summed E-state index contributed by atoms with van der Waals surface area (Å²) in [4.78, 5) is 26.5. The standard InChI is InChI=1S/C19H27NO4/c1-3-24-14-15-6-5-11-20(13-15)19(22)10-9-18(21)16-7-4-8-17(12-16)23-2/h4,7-8,12,15H,3,5-6,9-11,13-14H2,1-2H3. The topological polar surface area (TPSA) is 55.8 Å². The number of Topliss-reactive ketones (excluding diaryl/α,β-unsaturated/α-hetero) is 1. The summed E-state index contributed by atoms with van der Waals surface area (Å²) in [6, 6.07) is 7.06. The van der Waals surface area contributed by atoms with E-state index in [0.29, 0.717) is 30.4 Å². The first-order chi connectivity index (χ1) is 11.6. The molecule has 1 amide bonds. The molecule has 0 aliphatic carbocycles. The molecule has 5 nitrogen and oxygen atoms in total. The van der Waals surface area contributed by atoms with Gasteiger partial charge in [0.1, 0.15) is 5.75 Å². The van der Waals surface area contributed by atoms with Crippen LogP contribution >= 0.6 is 0 Å². The van der Waals surface area contributed by atoms with E-state index in [1.807, 2.05) is 11.8 Å². The molecule has 1 unspecified atom stereocenters. The van der Waals surface area contributed by atoms with Gasteiger partial charge < -0.3 is 14.4 Å². The molecule has 5 heteroatoms. The Labute approximate surface area is 143 Å². The van der Waals surface area contributed by atoms with Gasteiger partial charge in [0.05, 0.1) is 13.7 Å². The number of hydrogen-bond donors (Lipinski definition) is 0. The van der Waals surface area contributed by atoms with Crippen LogP contribution in [0.3, 0.4) is 0 Å². The molecule has 2 rings (SSSR count). The fourth-order valence-electron chi connectivity index (χ4n) is 3.03. The number of amides is 1. The van der Waals surface area contributed by atoms with Crippen molar-refractivity contribution in [1.82, 2.24) is 4.90 Å². The lowest BCUT2D eigenvalue weighted by Gasteiger charge is -2.32. The van der Waals surface area contributed by atoms with Crippen molar-refractivity contribution in [2.24, 2.45) is 5.92 Å². The van der Waals surface area contributed by atoms with Crippen LogP contribution in [0.2, 0.25) is 0 Å². The number of carbonyl (C=O) groups is 2. The van der Waals surface area contributed by atoms with Crippen LogP contribution in [0.4, 0.5) is 0 Å². The highest BCUT2D eigenvalue weighted by atomic mass is 16.5. The largest absolute Gasteiger partial charge is 0.497 e. The van der Waals surface area contributed by atoms with Crippen LogP contribution in [0.1, 0.15) is 43.0 Å². The normalized spacial score (nSPS) is 17.6. The second-order valence-electron chi connectivity index (χ2n) is 6.16. The minimum Gasteiger partial charge on any atom is -0.497 e. The van der Waals surface area contributed by atoms with E-state index in [1.165, 1.54) is 0 Å². The highest BCUT2D eigenvalue weighted by Crippen LogP contribution is 2.19. The van der Waals surface area contributed by atoms with Crippen molar-refractivity contribution < 1.29 is 19.1 Å². The van der Waals surface area contributed by atoms with Gasteiger partial charge in [-0.15, -0.1) is 0 Å². The van der Waals surface area contributed by atoms with Crippen molar-refractivity contribution in [1.29, 1.82) is 0 Å². The molecule has 1 saturated heterocycles. The maximum atomic E-state index is 12.4. The quantitative estimate of drug-likeness (QED) is 0.686. The van der Waals surface area contributed by atoms with Gasteiger partial charge in [0.2, 0.25) is 5.91 Å². The van der Waals surface area contributed by atoms with Crippen LogP contribution in [-0.2, 0) is 9.53 Å². The van der Waals surface area contributed by atoms with Crippen molar-refractivity contribution in [2.75, 3.05) is 33.4 Å². The molecule has 1 aromatic carbocycles. The number of benzene rings is 1. The third-order valence-electron chi connectivity index (χ3n) is 4.39. The number of rotatable bonds is 8. The van der Waals surface area contributed by atoms with Crippen molar-refractivity contribution >= 4 is 11.7 Å². The van der Waals surface area contributed by atoms with Gasteiger partial charge in [-0.3, -0.25) is 9.59 Å². The Balaban J connectivity index is 1.82. The van der Waals surface area contributed by atoms with Crippen molar-refractivity contribution in [3.8, 4) is 5.75 Å². The first kappa shape index (κ1) is 18.5. The number of ether oxygens (including phenoxy) is 2. The zero-order valence-electron chi connectivity index (χ0n) is 14.6. The average molecular weight is 333 g/mol. The summed E-state index contributed by atoms with van der Waals surface area (Å²) in [6.07, 6.45) is 2.61. The second-order valence-corrected chi connectivity index (χ2v) is 6.16. The number of ketones is 1. The number of carbonyl (C=O) groups excluding carboxylic acids is 2. The lowest BCUT2D eigenvalue weighted by atomic mass is 9.98. The molecule has 0 aromatic heterocycles. The monoisotopic (exact) mass is 333 g/mol. The molecule has 24 heavy (non-hydrogen) atoms.